The van der Waals surface area contributed by atoms with E-state index in [4.69, 9.17) is 0 Å². The summed E-state index contributed by atoms with van der Waals surface area (Å²) in [7, 11) is 1.85. The number of nitrogens with zero attached hydrogens (tertiary/aromatic N) is 2. The molecule has 2 N–H and O–H groups in total. The molecule has 1 unspecified atom stereocenters. The zero-order chi connectivity index (χ0) is 15.5. The van der Waals surface area contributed by atoms with Crippen LogP contribution in [0.4, 0.5) is 0 Å². The summed E-state index contributed by atoms with van der Waals surface area (Å²) in [5, 5.41) is 6.89. The minimum atomic E-state index is 0.599. The van der Waals surface area contributed by atoms with Crippen molar-refractivity contribution in [2.75, 3.05) is 45.2 Å². The Morgan fingerprint density at radius 1 is 1.14 bits per heavy atom. The second-order valence-corrected chi connectivity index (χ2v) is 7.12. The number of hydrogen-bond donors (Lipinski definition) is 2. The summed E-state index contributed by atoms with van der Waals surface area (Å²) < 4.78 is 0. The third-order valence-electron chi connectivity index (χ3n) is 4.18. The van der Waals surface area contributed by atoms with Gasteiger partial charge in [-0.15, -0.1) is 0 Å². The van der Waals surface area contributed by atoms with Crippen molar-refractivity contribution in [1.82, 2.24) is 15.5 Å². The Kier molecular flexibility index (Phi) is 9.92. The largest absolute Gasteiger partial charge is 0.356 e. The van der Waals surface area contributed by atoms with E-state index in [0.29, 0.717) is 12.0 Å². The Bertz CT molecular complexity index is 286. The van der Waals surface area contributed by atoms with Crippen LogP contribution in [-0.2, 0) is 0 Å². The Morgan fingerprint density at radius 3 is 2.33 bits per heavy atom. The van der Waals surface area contributed by atoms with Crippen molar-refractivity contribution in [1.29, 1.82) is 0 Å². The third-order valence-corrected chi connectivity index (χ3v) is 4.79. The first-order valence-corrected chi connectivity index (χ1v) is 9.76. The molecule has 4 nitrogen and oxygen atoms in total. The normalized spacial score (nSPS) is 19.4. The van der Waals surface area contributed by atoms with Crippen LogP contribution in [0.15, 0.2) is 4.99 Å². The molecule has 0 saturated carbocycles. The molecule has 0 radical (unpaired) electrons. The van der Waals surface area contributed by atoms with Crippen LogP contribution < -0.4 is 10.6 Å². The Morgan fingerprint density at radius 2 is 1.81 bits per heavy atom. The lowest BCUT2D eigenvalue weighted by molar-refractivity contribution is 0.161. The van der Waals surface area contributed by atoms with E-state index in [1.54, 1.807) is 0 Å². The van der Waals surface area contributed by atoms with E-state index in [9.17, 15) is 0 Å². The standard InChI is InChI=1S/C16H34N4S/c1-14(2)15(20-10-7-5-6-8-11-20)13-19-16(17-3)18-9-12-21-4/h14-15H,5-13H2,1-4H3,(H2,17,18,19). The van der Waals surface area contributed by atoms with Gasteiger partial charge < -0.3 is 10.6 Å². The molecule has 124 valence electrons. The SMILES string of the molecule is CN=C(NCCSC)NCC(C(C)C)N1CCCCCC1. The smallest absolute Gasteiger partial charge is 0.191 e. The molecule has 1 aliphatic rings. The van der Waals surface area contributed by atoms with E-state index >= 15 is 0 Å². The predicted molar refractivity (Wildman–Crippen MR) is 96.4 cm³/mol. The number of guanidine groups is 1. The van der Waals surface area contributed by atoms with Crippen molar-refractivity contribution >= 4 is 17.7 Å². The summed E-state index contributed by atoms with van der Waals surface area (Å²) in [5.74, 6) is 2.71. The number of hydrogen-bond acceptors (Lipinski definition) is 3. The highest BCUT2D eigenvalue weighted by atomic mass is 32.2. The molecule has 0 bridgehead atoms. The van der Waals surface area contributed by atoms with Crippen LogP contribution in [0, 0.1) is 5.92 Å². The van der Waals surface area contributed by atoms with Gasteiger partial charge in [-0.3, -0.25) is 9.89 Å². The molecule has 0 aromatic carbocycles. The van der Waals surface area contributed by atoms with Crippen LogP contribution in [-0.4, -0.2) is 62.1 Å². The van der Waals surface area contributed by atoms with Crippen LogP contribution in [0.2, 0.25) is 0 Å². The maximum absolute atomic E-state index is 4.32. The van der Waals surface area contributed by atoms with Gasteiger partial charge in [0, 0.05) is 31.9 Å². The van der Waals surface area contributed by atoms with Gasteiger partial charge in [0.05, 0.1) is 0 Å². The first-order chi connectivity index (χ1) is 10.2. The van der Waals surface area contributed by atoms with Gasteiger partial charge in [0.1, 0.15) is 0 Å². The first-order valence-electron chi connectivity index (χ1n) is 8.36. The van der Waals surface area contributed by atoms with E-state index < -0.39 is 0 Å². The average Bonchev–Trinajstić information content (AvgIpc) is 2.74. The van der Waals surface area contributed by atoms with Crippen LogP contribution in [0.1, 0.15) is 39.5 Å². The lowest BCUT2D eigenvalue weighted by atomic mass is 10.0. The molecule has 0 amide bonds. The van der Waals surface area contributed by atoms with Crippen molar-refractivity contribution in [3.8, 4) is 0 Å². The van der Waals surface area contributed by atoms with E-state index in [0.717, 1.165) is 24.8 Å². The fraction of sp³-hybridized carbons (Fsp3) is 0.938. The van der Waals surface area contributed by atoms with Gasteiger partial charge in [0.2, 0.25) is 0 Å². The number of rotatable bonds is 7. The predicted octanol–water partition coefficient (Wildman–Crippen LogP) is 2.42. The van der Waals surface area contributed by atoms with Gasteiger partial charge >= 0.3 is 0 Å². The number of nitrogens with one attached hydrogen (secondary N) is 2. The maximum atomic E-state index is 4.32. The van der Waals surface area contributed by atoms with Crippen LogP contribution in [0.5, 0.6) is 0 Å². The van der Waals surface area contributed by atoms with Gasteiger partial charge in [-0.1, -0.05) is 26.7 Å². The molecule has 1 heterocycles. The molecule has 21 heavy (non-hydrogen) atoms. The van der Waals surface area contributed by atoms with Crippen LogP contribution >= 0.6 is 11.8 Å². The number of likely N-dealkylation sites (tertiary alicyclic amines) is 1. The minimum absolute atomic E-state index is 0.599. The highest BCUT2D eigenvalue weighted by molar-refractivity contribution is 7.98. The molecular formula is C16H34N4S. The minimum Gasteiger partial charge on any atom is -0.356 e. The van der Waals surface area contributed by atoms with Crippen LogP contribution in [0.3, 0.4) is 0 Å². The summed E-state index contributed by atoms with van der Waals surface area (Å²) in [5.41, 5.74) is 0. The van der Waals surface area contributed by atoms with Gasteiger partial charge in [-0.25, -0.2) is 0 Å². The summed E-state index contributed by atoms with van der Waals surface area (Å²) >= 11 is 1.85. The van der Waals surface area contributed by atoms with E-state index in [-0.39, 0.29) is 0 Å². The molecule has 5 heteroatoms. The lowest BCUT2D eigenvalue weighted by Gasteiger charge is -2.34. The van der Waals surface area contributed by atoms with Crippen LogP contribution in [0.25, 0.3) is 0 Å². The molecule has 1 rings (SSSR count). The molecular weight excluding hydrogens is 280 g/mol. The van der Waals surface area contributed by atoms with E-state index in [1.165, 1.54) is 38.8 Å². The summed E-state index contributed by atoms with van der Waals surface area (Å²) in [6.07, 6.45) is 7.62. The Balaban J connectivity index is 2.45. The van der Waals surface area contributed by atoms with Crippen molar-refractivity contribution in [3.63, 3.8) is 0 Å². The second-order valence-electron chi connectivity index (χ2n) is 6.13. The Hall–Kier alpha value is -0.420. The summed E-state index contributed by atoms with van der Waals surface area (Å²) in [6.45, 7) is 9.13. The van der Waals surface area contributed by atoms with Gasteiger partial charge in [0.25, 0.3) is 0 Å². The first kappa shape index (κ1) is 18.6. The zero-order valence-electron chi connectivity index (χ0n) is 14.3. The highest BCUT2D eigenvalue weighted by Gasteiger charge is 2.22. The van der Waals surface area contributed by atoms with Crippen molar-refractivity contribution in [2.24, 2.45) is 10.9 Å². The van der Waals surface area contributed by atoms with E-state index in [2.05, 4.69) is 40.6 Å². The Labute approximate surface area is 135 Å². The van der Waals surface area contributed by atoms with Crippen molar-refractivity contribution in [2.45, 2.75) is 45.6 Å². The lowest BCUT2D eigenvalue weighted by Crippen LogP contribution is -2.50. The molecule has 1 aliphatic heterocycles. The zero-order valence-corrected chi connectivity index (χ0v) is 15.1. The summed E-state index contributed by atoms with van der Waals surface area (Å²) in [6, 6.07) is 0.599. The van der Waals surface area contributed by atoms with Gasteiger partial charge in [-0.05, 0) is 38.1 Å². The molecule has 0 aromatic heterocycles. The van der Waals surface area contributed by atoms with Crippen molar-refractivity contribution in [3.05, 3.63) is 0 Å². The monoisotopic (exact) mass is 314 g/mol. The molecule has 0 spiro atoms. The fourth-order valence-corrected chi connectivity index (χ4v) is 3.21. The average molecular weight is 315 g/mol. The quantitative estimate of drug-likeness (QED) is 0.430. The molecule has 0 aromatic rings. The number of aliphatic imine (C=N–C) groups is 1. The van der Waals surface area contributed by atoms with Gasteiger partial charge in [-0.2, -0.15) is 11.8 Å². The van der Waals surface area contributed by atoms with E-state index in [1.807, 2.05) is 18.8 Å². The molecule has 0 aliphatic carbocycles. The van der Waals surface area contributed by atoms with Crippen molar-refractivity contribution < 1.29 is 0 Å². The highest BCUT2D eigenvalue weighted by Crippen LogP contribution is 2.16. The molecule has 1 fully saturated rings. The topological polar surface area (TPSA) is 39.7 Å². The summed E-state index contributed by atoms with van der Waals surface area (Å²) in [4.78, 5) is 7.00. The third kappa shape index (κ3) is 7.41. The van der Waals surface area contributed by atoms with Gasteiger partial charge in [0.15, 0.2) is 5.96 Å². The maximum Gasteiger partial charge on any atom is 0.191 e. The second kappa shape index (κ2) is 11.2. The molecule has 1 saturated heterocycles. The fourth-order valence-electron chi connectivity index (χ4n) is 2.91. The number of thioether (sulfide) groups is 1. The molecule has 1 atom stereocenters.